The van der Waals surface area contributed by atoms with Crippen LogP contribution in [-0.4, -0.2) is 37.1 Å². The molecular weight excluding hydrogens is 274 g/mol. The van der Waals surface area contributed by atoms with E-state index in [1.807, 2.05) is 31.1 Å². The number of hydrogen-bond donors (Lipinski definition) is 3. The fraction of sp³-hybridized carbons (Fsp3) is 0.357. The van der Waals surface area contributed by atoms with E-state index < -0.39 is 17.9 Å². The summed E-state index contributed by atoms with van der Waals surface area (Å²) in [6.45, 7) is 0. The van der Waals surface area contributed by atoms with Gasteiger partial charge in [-0.05, 0) is 18.6 Å². The summed E-state index contributed by atoms with van der Waals surface area (Å²) in [4.78, 5) is 35.4. The third kappa shape index (κ3) is 5.94. The van der Waals surface area contributed by atoms with Gasteiger partial charge in [-0.1, -0.05) is 12.1 Å². The van der Waals surface area contributed by atoms with Gasteiger partial charge in [0.05, 0.1) is 11.4 Å². The molecule has 0 aliphatic carbocycles. The summed E-state index contributed by atoms with van der Waals surface area (Å²) >= 11 is 0. The number of imide groups is 1. The number of nitrogens with one attached hydrogen (secondary N) is 2. The highest BCUT2D eigenvalue weighted by Gasteiger charge is 2.11. The maximum absolute atomic E-state index is 11.7. The molecule has 3 N–H and O–H groups in total. The van der Waals surface area contributed by atoms with Crippen molar-refractivity contribution in [3.8, 4) is 0 Å². The standard InChI is InChI=1S/C14H19N3O4/c1-17(2)11-7-4-3-6-10(11)15-14(21)16-12(18)8-5-9-13(19)20/h3-4,6-7H,5,8-9H2,1-2H3,(H,19,20)(H2,15,16,18,21). The van der Waals surface area contributed by atoms with Crippen LogP contribution in [0.25, 0.3) is 0 Å². The second-order valence-corrected chi connectivity index (χ2v) is 4.66. The van der Waals surface area contributed by atoms with Crippen molar-refractivity contribution in [1.82, 2.24) is 5.32 Å². The molecule has 0 unspecified atom stereocenters. The Morgan fingerprint density at radius 3 is 2.43 bits per heavy atom. The number of rotatable bonds is 6. The van der Waals surface area contributed by atoms with E-state index in [2.05, 4.69) is 10.6 Å². The Labute approximate surface area is 122 Å². The van der Waals surface area contributed by atoms with Crippen LogP contribution in [0.4, 0.5) is 16.2 Å². The van der Waals surface area contributed by atoms with Crippen LogP contribution in [0.1, 0.15) is 19.3 Å². The minimum absolute atomic E-state index is 0.00491. The molecule has 0 spiro atoms. The van der Waals surface area contributed by atoms with E-state index >= 15 is 0 Å². The third-order valence-electron chi connectivity index (χ3n) is 2.68. The van der Waals surface area contributed by atoms with Crippen molar-refractivity contribution in [2.45, 2.75) is 19.3 Å². The molecule has 0 saturated carbocycles. The highest BCUT2D eigenvalue weighted by molar-refractivity contribution is 6.02. The van der Waals surface area contributed by atoms with Gasteiger partial charge < -0.3 is 15.3 Å². The van der Waals surface area contributed by atoms with Gasteiger partial charge in [-0.15, -0.1) is 0 Å². The van der Waals surface area contributed by atoms with Crippen molar-refractivity contribution in [3.05, 3.63) is 24.3 Å². The molecule has 1 aromatic rings. The lowest BCUT2D eigenvalue weighted by Crippen LogP contribution is -2.34. The first-order valence-electron chi connectivity index (χ1n) is 6.49. The Kier molecular flexibility index (Phi) is 6.19. The largest absolute Gasteiger partial charge is 0.481 e. The van der Waals surface area contributed by atoms with Gasteiger partial charge in [0, 0.05) is 26.9 Å². The molecule has 0 atom stereocenters. The number of carbonyl (C=O) groups is 3. The minimum atomic E-state index is -0.966. The van der Waals surface area contributed by atoms with Crippen molar-refractivity contribution in [3.63, 3.8) is 0 Å². The lowest BCUT2D eigenvalue weighted by atomic mass is 10.2. The number of carboxylic acid groups (broad SMARTS) is 1. The second-order valence-electron chi connectivity index (χ2n) is 4.66. The zero-order valence-electron chi connectivity index (χ0n) is 12.0. The van der Waals surface area contributed by atoms with Crippen LogP contribution in [0, 0.1) is 0 Å². The molecule has 1 aromatic carbocycles. The van der Waals surface area contributed by atoms with Gasteiger partial charge in [0.15, 0.2) is 0 Å². The number of aliphatic carboxylic acids is 1. The zero-order valence-corrected chi connectivity index (χ0v) is 12.0. The number of carboxylic acids is 1. The van der Waals surface area contributed by atoms with Crippen LogP contribution in [0.3, 0.4) is 0 Å². The number of para-hydroxylation sites is 2. The molecule has 0 aromatic heterocycles. The van der Waals surface area contributed by atoms with Gasteiger partial charge in [-0.2, -0.15) is 0 Å². The first-order chi connectivity index (χ1) is 9.90. The molecule has 0 aliphatic heterocycles. The Morgan fingerprint density at radius 1 is 1.14 bits per heavy atom. The number of carbonyl (C=O) groups excluding carboxylic acids is 2. The summed E-state index contributed by atoms with van der Waals surface area (Å²) in [5, 5.41) is 13.2. The SMILES string of the molecule is CN(C)c1ccccc1NC(=O)NC(=O)CCCC(=O)O. The first kappa shape index (κ1) is 16.5. The molecule has 0 aliphatic rings. The van der Waals surface area contributed by atoms with Gasteiger partial charge >= 0.3 is 12.0 Å². The smallest absolute Gasteiger partial charge is 0.325 e. The minimum Gasteiger partial charge on any atom is -0.481 e. The molecule has 1 rings (SSSR count). The predicted octanol–water partition coefficient (Wildman–Crippen LogP) is 1.66. The molecule has 7 nitrogen and oxygen atoms in total. The first-order valence-corrected chi connectivity index (χ1v) is 6.49. The number of nitrogens with zero attached hydrogens (tertiary/aromatic N) is 1. The molecule has 114 valence electrons. The Hall–Kier alpha value is -2.57. The number of amides is 3. The van der Waals surface area contributed by atoms with Crippen LogP contribution in [0.2, 0.25) is 0 Å². The van der Waals surface area contributed by atoms with Crippen molar-refractivity contribution in [1.29, 1.82) is 0 Å². The number of benzene rings is 1. The van der Waals surface area contributed by atoms with Crippen molar-refractivity contribution < 1.29 is 19.5 Å². The van der Waals surface area contributed by atoms with E-state index in [1.54, 1.807) is 12.1 Å². The fourth-order valence-electron chi connectivity index (χ4n) is 1.71. The van der Waals surface area contributed by atoms with Crippen molar-refractivity contribution >= 4 is 29.3 Å². The topological polar surface area (TPSA) is 98.7 Å². The predicted molar refractivity (Wildman–Crippen MR) is 79.4 cm³/mol. The molecule has 0 fully saturated rings. The van der Waals surface area contributed by atoms with Gasteiger partial charge in [-0.25, -0.2) is 4.79 Å². The normalized spacial score (nSPS) is 9.81. The molecule has 0 bridgehead atoms. The Balaban J connectivity index is 2.50. The lowest BCUT2D eigenvalue weighted by Gasteiger charge is -2.17. The van der Waals surface area contributed by atoms with E-state index in [4.69, 9.17) is 5.11 Å². The summed E-state index contributed by atoms with van der Waals surface area (Å²) in [6.07, 6.45) is 0.0935. The van der Waals surface area contributed by atoms with E-state index in [0.717, 1.165) is 5.69 Å². The highest BCUT2D eigenvalue weighted by atomic mass is 16.4. The monoisotopic (exact) mass is 293 g/mol. The molecule has 7 heteroatoms. The van der Waals surface area contributed by atoms with Crippen LogP contribution in [0.5, 0.6) is 0 Å². The molecule has 0 saturated heterocycles. The molecule has 0 heterocycles. The van der Waals surface area contributed by atoms with E-state index in [0.29, 0.717) is 5.69 Å². The third-order valence-corrected chi connectivity index (χ3v) is 2.68. The molecular formula is C14H19N3O4. The van der Waals surface area contributed by atoms with Gasteiger partial charge in [0.25, 0.3) is 0 Å². The van der Waals surface area contributed by atoms with Crippen molar-refractivity contribution in [2.75, 3.05) is 24.3 Å². The summed E-state index contributed by atoms with van der Waals surface area (Å²) in [6, 6.07) is 6.55. The van der Waals surface area contributed by atoms with Crippen LogP contribution >= 0.6 is 0 Å². The van der Waals surface area contributed by atoms with Gasteiger partial charge in [0.1, 0.15) is 0 Å². The number of hydrogen-bond acceptors (Lipinski definition) is 4. The molecule has 3 amide bonds. The highest BCUT2D eigenvalue weighted by Crippen LogP contribution is 2.23. The molecule has 0 radical (unpaired) electrons. The number of urea groups is 1. The lowest BCUT2D eigenvalue weighted by molar-refractivity contribution is -0.137. The summed E-state index contributed by atoms with van der Waals surface area (Å²) in [7, 11) is 3.69. The fourth-order valence-corrected chi connectivity index (χ4v) is 1.71. The van der Waals surface area contributed by atoms with E-state index in [1.165, 1.54) is 0 Å². The Morgan fingerprint density at radius 2 is 1.81 bits per heavy atom. The van der Waals surface area contributed by atoms with E-state index in [9.17, 15) is 14.4 Å². The van der Waals surface area contributed by atoms with Gasteiger partial charge in [0.2, 0.25) is 5.91 Å². The summed E-state index contributed by atoms with van der Waals surface area (Å²) in [5.41, 5.74) is 1.39. The van der Waals surface area contributed by atoms with E-state index in [-0.39, 0.29) is 19.3 Å². The van der Waals surface area contributed by atoms with Crippen LogP contribution in [-0.2, 0) is 9.59 Å². The van der Waals surface area contributed by atoms with Crippen molar-refractivity contribution in [2.24, 2.45) is 0 Å². The van der Waals surface area contributed by atoms with Gasteiger partial charge in [-0.3, -0.25) is 14.9 Å². The quantitative estimate of drug-likeness (QED) is 0.740. The summed E-state index contributed by atoms with van der Waals surface area (Å²) in [5.74, 6) is -1.47. The Bertz CT molecular complexity index is 529. The average Bonchev–Trinajstić information content (AvgIpc) is 2.38. The zero-order chi connectivity index (χ0) is 15.8. The second kappa shape index (κ2) is 7.88. The number of anilines is 2. The average molecular weight is 293 g/mol. The van der Waals surface area contributed by atoms with Crippen LogP contribution in [0.15, 0.2) is 24.3 Å². The van der Waals surface area contributed by atoms with Crippen LogP contribution < -0.4 is 15.5 Å². The summed E-state index contributed by atoms with van der Waals surface area (Å²) < 4.78 is 0. The maximum Gasteiger partial charge on any atom is 0.325 e. The maximum atomic E-state index is 11.7. The molecule has 21 heavy (non-hydrogen) atoms.